The molecular formula is C11H15F2NS. The molecule has 84 valence electrons. The zero-order valence-electron chi connectivity index (χ0n) is 8.62. The van der Waals surface area contributed by atoms with Crippen molar-refractivity contribution < 1.29 is 8.78 Å². The molecule has 0 aliphatic heterocycles. The number of nitrogens with one attached hydrogen (secondary N) is 1. The monoisotopic (exact) mass is 231 g/mol. The van der Waals surface area contributed by atoms with Gasteiger partial charge in [-0.15, -0.1) is 11.8 Å². The van der Waals surface area contributed by atoms with E-state index in [1.807, 2.05) is 30.3 Å². The second kappa shape index (κ2) is 6.80. The van der Waals surface area contributed by atoms with Crippen molar-refractivity contribution in [1.29, 1.82) is 0 Å². The first-order valence-electron chi connectivity index (χ1n) is 4.89. The van der Waals surface area contributed by atoms with E-state index in [0.717, 1.165) is 5.75 Å². The van der Waals surface area contributed by atoms with Gasteiger partial charge in [-0.05, 0) is 19.1 Å². The van der Waals surface area contributed by atoms with Crippen LogP contribution in [0.1, 0.15) is 6.92 Å². The van der Waals surface area contributed by atoms with Crippen LogP contribution < -0.4 is 5.32 Å². The fraction of sp³-hybridized carbons (Fsp3) is 0.455. The molecule has 1 rings (SSSR count). The topological polar surface area (TPSA) is 12.0 Å². The van der Waals surface area contributed by atoms with Gasteiger partial charge in [0.1, 0.15) is 0 Å². The maximum absolute atomic E-state index is 12.1. The highest BCUT2D eigenvalue weighted by Crippen LogP contribution is 2.15. The predicted molar refractivity (Wildman–Crippen MR) is 60.6 cm³/mol. The minimum atomic E-state index is -2.29. The molecule has 1 N–H and O–H groups in total. The van der Waals surface area contributed by atoms with Crippen LogP contribution in [0.25, 0.3) is 0 Å². The maximum Gasteiger partial charge on any atom is 0.253 e. The van der Waals surface area contributed by atoms with Gasteiger partial charge in [0.25, 0.3) is 6.43 Å². The number of thioether (sulfide) groups is 1. The largest absolute Gasteiger partial charge is 0.308 e. The van der Waals surface area contributed by atoms with Crippen LogP contribution in [0.5, 0.6) is 0 Å². The van der Waals surface area contributed by atoms with Gasteiger partial charge in [-0.3, -0.25) is 0 Å². The average molecular weight is 231 g/mol. The lowest BCUT2D eigenvalue weighted by Crippen LogP contribution is -2.34. The molecule has 0 heterocycles. The molecule has 1 nitrogen and oxygen atoms in total. The number of benzene rings is 1. The lowest BCUT2D eigenvalue weighted by Gasteiger charge is -2.11. The van der Waals surface area contributed by atoms with Crippen molar-refractivity contribution in [2.24, 2.45) is 0 Å². The number of hydrogen-bond donors (Lipinski definition) is 1. The van der Waals surface area contributed by atoms with Crippen LogP contribution in [0.3, 0.4) is 0 Å². The van der Waals surface area contributed by atoms with Crippen molar-refractivity contribution in [1.82, 2.24) is 5.32 Å². The van der Waals surface area contributed by atoms with Crippen molar-refractivity contribution in [2.75, 3.05) is 12.3 Å². The van der Waals surface area contributed by atoms with E-state index in [-0.39, 0.29) is 0 Å². The number of alkyl halides is 2. The molecule has 1 unspecified atom stereocenters. The van der Waals surface area contributed by atoms with Gasteiger partial charge in [0.15, 0.2) is 0 Å². The highest BCUT2D eigenvalue weighted by Gasteiger charge is 2.12. The average Bonchev–Trinajstić information content (AvgIpc) is 2.25. The number of rotatable bonds is 6. The fourth-order valence-electron chi connectivity index (χ4n) is 1.06. The second-order valence-corrected chi connectivity index (χ2v) is 4.41. The summed E-state index contributed by atoms with van der Waals surface area (Å²) in [5.74, 6) is 0.807. The first kappa shape index (κ1) is 12.5. The summed E-state index contributed by atoms with van der Waals surface area (Å²) < 4.78 is 24.2. The van der Waals surface area contributed by atoms with Crippen molar-refractivity contribution in [3.63, 3.8) is 0 Å². The summed E-state index contributed by atoms with van der Waals surface area (Å²) in [7, 11) is 0. The molecule has 15 heavy (non-hydrogen) atoms. The van der Waals surface area contributed by atoms with Crippen LogP contribution in [0, 0.1) is 0 Å². The molecule has 1 aromatic carbocycles. The Balaban J connectivity index is 2.12. The molecule has 0 radical (unpaired) electrons. The minimum absolute atomic E-state index is 0.602. The van der Waals surface area contributed by atoms with Gasteiger partial charge in [0, 0.05) is 17.2 Å². The van der Waals surface area contributed by atoms with Crippen molar-refractivity contribution in [3.05, 3.63) is 30.3 Å². The molecular weight excluding hydrogens is 216 g/mol. The Morgan fingerprint density at radius 3 is 2.53 bits per heavy atom. The maximum atomic E-state index is 12.1. The molecule has 0 fully saturated rings. The SMILES string of the molecule is CC(NCCSc1ccccc1)C(F)F. The first-order chi connectivity index (χ1) is 7.20. The Bertz CT molecular complexity index is 267. The molecule has 1 aromatic rings. The van der Waals surface area contributed by atoms with Gasteiger partial charge in [0.05, 0.1) is 6.04 Å². The summed E-state index contributed by atoms with van der Waals surface area (Å²) in [6.45, 7) is 2.10. The molecule has 0 amide bonds. The van der Waals surface area contributed by atoms with Gasteiger partial charge in [-0.25, -0.2) is 8.78 Å². The lowest BCUT2D eigenvalue weighted by atomic mass is 10.3. The second-order valence-electron chi connectivity index (χ2n) is 3.24. The van der Waals surface area contributed by atoms with Gasteiger partial charge < -0.3 is 5.32 Å². The van der Waals surface area contributed by atoms with Crippen molar-refractivity contribution in [2.45, 2.75) is 24.3 Å². The van der Waals surface area contributed by atoms with Crippen LogP contribution >= 0.6 is 11.8 Å². The third kappa shape index (κ3) is 5.14. The van der Waals surface area contributed by atoms with E-state index in [4.69, 9.17) is 0 Å². The molecule has 0 aliphatic carbocycles. The van der Waals surface area contributed by atoms with E-state index in [2.05, 4.69) is 5.32 Å². The van der Waals surface area contributed by atoms with Crippen LogP contribution in [-0.4, -0.2) is 24.8 Å². The van der Waals surface area contributed by atoms with Crippen LogP contribution in [0.2, 0.25) is 0 Å². The van der Waals surface area contributed by atoms with Crippen LogP contribution in [0.15, 0.2) is 35.2 Å². The van der Waals surface area contributed by atoms with Crippen molar-refractivity contribution in [3.8, 4) is 0 Å². The molecule has 0 saturated carbocycles. The Morgan fingerprint density at radius 1 is 1.27 bits per heavy atom. The van der Waals surface area contributed by atoms with E-state index >= 15 is 0 Å². The zero-order valence-corrected chi connectivity index (χ0v) is 9.44. The summed E-state index contributed by atoms with van der Waals surface area (Å²) in [6, 6.07) is 9.21. The lowest BCUT2D eigenvalue weighted by molar-refractivity contribution is 0.107. The molecule has 0 saturated heterocycles. The Labute approximate surface area is 93.3 Å². The standard InChI is InChI=1S/C11H15F2NS/c1-9(11(12)13)14-7-8-15-10-5-3-2-4-6-10/h2-6,9,11,14H,7-8H2,1H3. The smallest absolute Gasteiger partial charge is 0.253 e. The van der Waals surface area contributed by atoms with Gasteiger partial charge in [0.2, 0.25) is 0 Å². The normalized spacial score (nSPS) is 13.1. The first-order valence-corrected chi connectivity index (χ1v) is 5.88. The van der Waals surface area contributed by atoms with Gasteiger partial charge in [-0.2, -0.15) is 0 Å². The van der Waals surface area contributed by atoms with E-state index < -0.39 is 12.5 Å². The molecule has 4 heteroatoms. The highest BCUT2D eigenvalue weighted by atomic mass is 32.2. The highest BCUT2D eigenvalue weighted by molar-refractivity contribution is 7.99. The van der Waals surface area contributed by atoms with Gasteiger partial charge >= 0.3 is 0 Å². The number of hydrogen-bond acceptors (Lipinski definition) is 2. The summed E-state index contributed by atoms with van der Waals surface area (Å²) in [6.07, 6.45) is -2.29. The Kier molecular flexibility index (Phi) is 5.65. The van der Waals surface area contributed by atoms with Crippen LogP contribution in [0.4, 0.5) is 8.78 Å². The fourth-order valence-corrected chi connectivity index (χ4v) is 1.87. The third-order valence-corrected chi connectivity index (χ3v) is 2.97. The van der Waals surface area contributed by atoms with Crippen LogP contribution in [-0.2, 0) is 0 Å². The summed E-state index contributed by atoms with van der Waals surface area (Å²) in [5, 5.41) is 2.78. The molecule has 1 atom stereocenters. The molecule has 0 aliphatic rings. The molecule has 0 aromatic heterocycles. The number of halogens is 2. The quantitative estimate of drug-likeness (QED) is 0.596. The van der Waals surface area contributed by atoms with Crippen molar-refractivity contribution >= 4 is 11.8 Å². The van der Waals surface area contributed by atoms with E-state index in [1.165, 1.54) is 11.8 Å². The Hall–Kier alpha value is -0.610. The summed E-state index contributed by atoms with van der Waals surface area (Å²) in [4.78, 5) is 1.17. The Morgan fingerprint density at radius 2 is 1.93 bits per heavy atom. The van der Waals surface area contributed by atoms with Gasteiger partial charge in [-0.1, -0.05) is 18.2 Å². The molecule has 0 bridgehead atoms. The summed E-state index contributed by atoms with van der Waals surface area (Å²) >= 11 is 1.67. The van der Waals surface area contributed by atoms with E-state index in [9.17, 15) is 8.78 Å². The minimum Gasteiger partial charge on any atom is -0.308 e. The van der Waals surface area contributed by atoms with E-state index in [1.54, 1.807) is 11.8 Å². The zero-order chi connectivity index (χ0) is 11.1. The summed E-state index contributed by atoms with van der Waals surface area (Å²) in [5.41, 5.74) is 0. The van der Waals surface area contributed by atoms with E-state index in [0.29, 0.717) is 6.54 Å². The third-order valence-electron chi connectivity index (χ3n) is 1.96. The predicted octanol–water partition coefficient (Wildman–Crippen LogP) is 3.02. The molecule has 0 spiro atoms.